The number of nitrogens with zero attached hydrogens (tertiary/aromatic N) is 2. The van der Waals surface area contributed by atoms with Gasteiger partial charge in [-0.05, 0) is 12.8 Å². The molecule has 114 valence electrons. The van der Waals surface area contributed by atoms with Crippen molar-refractivity contribution in [3.05, 3.63) is 12.4 Å². The molecule has 1 aliphatic rings. The molecule has 1 saturated carbocycles. The molecule has 0 atom stereocenters. The van der Waals surface area contributed by atoms with E-state index in [0.717, 1.165) is 25.7 Å². The third-order valence-corrected chi connectivity index (χ3v) is 5.18. The molecule has 3 N–H and O–H groups in total. The Kier molecular flexibility index (Phi) is 5.56. The molecule has 0 unspecified atom stereocenters. The normalized spacial score (nSPS) is 18.6. The van der Waals surface area contributed by atoms with Gasteiger partial charge in [0.2, 0.25) is 10.0 Å². The van der Waals surface area contributed by atoms with Crippen molar-refractivity contribution >= 4 is 10.0 Å². The van der Waals surface area contributed by atoms with E-state index in [2.05, 4.69) is 9.82 Å². The van der Waals surface area contributed by atoms with Gasteiger partial charge in [0.25, 0.3) is 0 Å². The minimum absolute atomic E-state index is 0.0539. The largest absolute Gasteiger partial charge is 0.329 e. The number of aromatic nitrogens is 2. The predicted octanol–water partition coefficient (Wildman–Crippen LogP) is 1.23. The number of hydrogen-bond donors (Lipinski definition) is 2. The molecule has 2 rings (SSSR count). The summed E-state index contributed by atoms with van der Waals surface area (Å²) in [5.41, 5.74) is 5.43. The minimum atomic E-state index is -3.46. The predicted molar refractivity (Wildman–Crippen MR) is 77.7 cm³/mol. The number of sulfonamides is 1. The van der Waals surface area contributed by atoms with Crippen molar-refractivity contribution in [2.45, 2.75) is 62.4 Å². The highest BCUT2D eigenvalue weighted by molar-refractivity contribution is 7.89. The molecule has 0 spiro atoms. The van der Waals surface area contributed by atoms with E-state index < -0.39 is 10.0 Å². The lowest BCUT2D eigenvalue weighted by Gasteiger charge is -2.20. The lowest BCUT2D eigenvalue weighted by atomic mass is 9.97. The second kappa shape index (κ2) is 7.19. The van der Waals surface area contributed by atoms with E-state index in [1.54, 1.807) is 4.68 Å². The minimum Gasteiger partial charge on any atom is -0.329 e. The summed E-state index contributed by atoms with van der Waals surface area (Å²) in [6, 6.07) is 0.0539. The van der Waals surface area contributed by atoms with Gasteiger partial charge in [-0.2, -0.15) is 5.10 Å². The van der Waals surface area contributed by atoms with Crippen LogP contribution in [0, 0.1) is 0 Å². The molecule has 1 heterocycles. The van der Waals surface area contributed by atoms with Crippen molar-refractivity contribution < 1.29 is 8.42 Å². The van der Waals surface area contributed by atoms with Crippen molar-refractivity contribution in [3.8, 4) is 0 Å². The summed E-state index contributed by atoms with van der Waals surface area (Å²) in [4.78, 5) is 0.230. The highest BCUT2D eigenvalue weighted by atomic mass is 32.2. The average Bonchev–Trinajstić information content (AvgIpc) is 2.82. The quantitative estimate of drug-likeness (QED) is 0.856. The Morgan fingerprint density at radius 1 is 1.25 bits per heavy atom. The van der Waals surface area contributed by atoms with Gasteiger partial charge in [-0.3, -0.25) is 4.68 Å². The summed E-state index contributed by atoms with van der Waals surface area (Å²) in [7, 11) is -3.46. The second-order valence-corrected chi connectivity index (χ2v) is 7.11. The van der Waals surface area contributed by atoms with Crippen LogP contribution in [0.1, 0.15) is 44.9 Å². The smallest absolute Gasteiger partial charge is 0.243 e. The lowest BCUT2D eigenvalue weighted by molar-refractivity contribution is 0.426. The van der Waals surface area contributed by atoms with Gasteiger partial charge in [-0.25, -0.2) is 13.1 Å². The maximum Gasteiger partial charge on any atom is 0.243 e. The Morgan fingerprint density at radius 2 is 1.90 bits per heavy atom. The third kappa shape index (κ3) is 4.29. The first kappa shape index (κ1) is 15.5. The van der Waals surface area contributed by atoms with Crippen LogP contribution in [0.4, 0.5) is 0 Å². The first-order chi connectivity index (χ1) is 9.62. The summed E-state index contributed by atoms with van der Waals surface area (Å²) in [5, 5.41) is 4.02. The van der Waals surface area contributed by atoms with Crippen LogP contribution in [-0.2, 0) is 16.6 Å². The number of hydrogen-bond acceptors (Lipinski definition) is 4. The van der Waals surface area contributed by atoms with E-state index in [1.807, 2.05) is 0 Å². The van der Waals surface area contributed by atoms with Crippen molar-refractivity contribution in [1.82, 2.24) is 14.5 Å². The van der Waals surface area contributed by atoms with E-state index in [4.69, 9.17) is 5.73 Å². The molecule has 1 aliphatic carbocycles. The number of nitrogens with two attached hydrogens (primary N) is 1. The van der Waals surface area contributed by atoms with Crippen LogP contribution in [0.15, 0.2) is 17.3 Å². The van der Waals surface area contributed by atoms with Crippen molar-refractivity contribution in [2.75, 3.05) is 6.54 Å². The van der Waals surface area contributed by atoms with E-state index in [1.165, 1.54) is 31.7 Å². The van der Waals surface area contributed by atoms with E-state index in [-0.39, 0.29) is 10.9 Å². The second-order valence-electron chi connectivity index (χ2n) is 5.39. The summed E-state index contributed by atoms with van der Waals surface area (Å²) in [6.07, 6.45) is 10.6. The third-order valence-electron chi connectivity index (χ3n) is 3.71. The highest BCUT2D eigenvalue weighted by Gasteiger charge is 2.22. The zero-order valence-electron chi connectivity index (χ0n) is 11.8. The van der Waals surface area contributed by atoms with E-state index in [9.17, 15) is 8.42 Å². The Balaban J connectivity index is 2.01. The Labute approximate surface area is 120 Å². The molecule has 0 saturated heterocycles. The zero-order valence-corrected chi connectivity index (χ0v) is 12.6. The fourth-order valence-corrected chi connectivity index (χ4v) is 3.86. The molecule has 7 heteroatoms. The van der Waals surface area contributed by atoms with Crippen LogP contribution in [-0.4, -0.2) is 30.8 Å². The highest BCUT2D eigenvalue weighted by Crippen LogP contribution is 2.19. The fraction of sp³-hybridized carbons (Fsp3) is 0.769. The molecule has 0 aliphatic heterocycles. The topological polar surface area (TPSA) is 90.0 Å². The molecular weight excluding hydrogens is 276 g/mol. The summed E-state index contributed by atoms with van der Waals surface area (Å²) >= 11 is 0. The van der Waals surface area contributed by atoms with Crippen LogP contribution in [0.3, 0.4) is 0 Å². The van der Waals surface area contributed by atoms with Gasteiger partial charge in [0.05, 0.1) is 12.7 Å². The van der Waals surface area contributed by atoms with Crippen LogP contribution in [0.2, 0.25) is 0 Å². The maximum absolute atomic E-state index is 12.3. The first-order valence-corrected chi connectivity index (χ1v) is 8.85. The maximum atomic E-state index is 12.3. The van der Waals surface area contributed by atoms with Crippen LogP contribution in [0.25, 0.3) is 0 Å². The number of nitrogens with one attached hydrogen (secondary N) is 1. The molecule has 1 aromatic heterocycles. The van der Waals surface area contributed by atoms with Gasteiger partial charge < -0.3 is 5.73 Å². The zero-order chi connectivity index (χ0) is 14.4. The molecule has 0 amide bonds. The van der Waals surface area contributed by atoms with Crippen molar-refractivity contribution in [3.63, 3.8) is 0 Å². The Bertz CT molecular complexity index is 504. The fourth-order valence-electron chi connectivity index (χ4n) is 2.60. The molecule has 6 nitrogen and oxygen atoms in total. The molecule has 20 heavy (non-hydrogen) atoms. The van der Waals surface area contributed by atoms with Crippen molar-refractivity contribution in [1.29, 1.82) is 0 Å². The SMILES string of the molecule is NCCn1cc(S(=O)(=O)NC2CCCCCCC2)cn1. The van der Waals surface area contributed by atoms with Crippen LogP contribution >= 0.6 is 0 Å². The molecule has 0 bridgehead atoms. The lowest BCUT2D eigenvalue weighted by Crippen LogP contribution is -2.35. The summed E-state index contributed by atoms with van der Waals surface area (Å²) < 4.78 is 29.0. The summed E-state index contributed by atoms with van der Waals surface area (Å²) in [6.45, 7) is 0.968. The van der Waals surface area contributed by atoms with E-state index in [0.29, 0.717) is 13.1 Å². The first-order valence-electron chi connectivity index (χ1n) is 7.36. The van der Waals surface area contributed by atoms with Crippen molar-refractivity contribution in [2.24, 2.45) is 5.73 Å². The van der Waals surface area contributed by atoms with E-state index >= 15 is 0 Å². The van der Waals surface area contributed by atoms with Gasteiger partial charge >= 0.3 is 0 Å². The van der Waals surface area contributed by atoms with Gasteiger partial charge in [-0.15, -0.1) is 0 Å². The molecule has 0 radical (unpaired) electrons. The van der Waals surface area contributed by atoms with Crippen LogP contribution < -0.4 is 10.5 Å². The molecule has 1 aromatic rings. The van der Waals surface area contributed by atoms with Gasteiger partial charge in [0, 0.05) is 18.8 Å². The van der Waals surface area contributed by atoms with Gasteiger partial charge in [-0.1, -0.05) is 32.1 Å². The number of rotatable bonds is 5. The van der Waals surface area contributed by atoms with Gasteiger partial charge in [0.15, 0.2) is 0 Å². The molecule has 0 aromatic carbocycles. The molecular formula is C13H24N4O2S. The Hall–Kier alpha value is -0.920. The van der Waals surface area contributed by atoms with Gasteiger partial charge in [0.1, 0.15) is 4.90 Å². The average molecular weight is 300 g/mol. The van der Waals surface area contributed by atoms with Crippen LogP contribution in [0.5, 0.6) is 0 Å². The summed E-state index contributed by atoms with van der Waals surface area (Å²) in [5.74, 6) is 0. The molecule has 1 fully saturated rings. The monoisotopic (exact) mass is 300 g/mol. The standard InChI is InChI=1S/C13H24N4O2S/c14-8-9-17-11-13(10-15-17)20(18,19)16-12-6-4-2-1-3-5-7-12/h10-12,16H,1-9,14H2. The Morgan fingerprint density at radius 3 is 2.55 bits per heavy atom.